The van der Waals surface area contributed by atoms with Crippen LogP contribution in [0, 0.1) is 6.92 Å². The highest BCUT2D eigenvalue weighted by atomic mass is 16.2. The Hall–Kier alpha value is -2.62. The summed E-state index contributed by atoms with van der Waals surface area (Å²) in [5.41, 5.74) is 3.21. The smallest absolute Gasteiger partial charge is 0.242 e. The van der Waals surface area contributed by atoms with Crippen molar-refractivity contribution in [1.29, 1.82) is 0 Å². The van der Waals surface area contributed by atoms with E-state index in [-0.39, 0.29) is 11.8 Å². The highest BCUT2D eigenvalue weighted by molar-refractivity contribution is 5.87. The first-order valence-corrected chi connectivity index (χ1v) is 8.65. The lowest BCUT2D eigenvalue weighted by atomic mass is 10.0. The van der Waals surface area contributed by atoms with Gasteiger partial charge in [-0.2, -0.15) is 0 Å². The summed E-state index contributed by atoms with van der Waals surface area (Å²) in [6.07, 6.45) is 0.867. The van der Waals surface area contributed by atoms with Gasteiger partial charge in [-0.25, -0.2) is 0 Å². The normalized spacial score (nSPS) is 11.6. The molecule has 132 valence electrons. The topological polar surface area (TPSA) is 49.4 Å². The van der Waals surface area contributed by atoms with Crippen LogP contribution >= 0.6 is 0 Å². The minimum Gasteiger partial charge on any atom is -0.357 e. The quantitative estimate of drug-likeness (QED) is 0.843. The number of hydrogen-bond donors (Lipinski definition) is 1. The number of nitrogens with zero attached hydrogens (tertiary/aromatic N) is 1. The third kappa shape index (κ3) is 5.18. The van der Waals surface area contributed by atoms with E-state index in [0.717, 1.165) is 16.7 Å². The van der Waals surface area contributed by atoms with Crippen LogP contribution in [-0.2, 0) is 22.6 Å². The van der Waals surface area contributed by atoms with Crippen LogP contribution in [0.3, 0.4) is 0 Å². The van der Waals surface area contributed by atoms with Gasteiger partial charge in [0.05, 0.1) is 0 Å². The highest BCUT2D eigenvalue weighted by Gasteiger charge is 2.28. The van der Waals surface area contributed by atoms with Gasteiger partial charge >= 0.3 is 0 Å². The van der Waals surface area contributed by atoms with Crippen molar-refractivity contribution in [3.05, 3.63) is 71.3 Å². The van der Waals surface area contributed by atoms with Crippen LogP contribution in [0.15, 0.2) is 54.6 Å². The summed E-state index contributed by atoms with van der Waals surface area (Å²) in [7, 11) is 1.61. The van der Waals surface area contributed by atoms with Gasteiger partial charge in [0.25, 0.3) is 0 Å². The average Bonchev–Trinajstić information content (AvgIpc) is 2.64. The van der Waals surface area contributed by atoms with Crippen LogP contribution in [0.25, 0.3) is 0 Å². The molecule has 0 fully saturated rings. The Morgan fingerprint density at radius 1 is 1.04 bits per heavy atom. The maximum Gasteiger partial charge on any atom is 0.242 e. The van der Waals surface area contributed by atoms with Crippen LogP contribution in [0.4, 0.5) is 0 Å². The number of nitrogens with one attached hydrogen (secondary N) is 1. The molecule has 0 aliphatic heterocycles. The van der Waals surface area contributed by atoms with Gasteiger partial charge in [0.15, 0.2) is 0 Å². The van der Waals surface area contributed by atoms with E-state index in [0.29, 0.717) is 19.4 Å². The molecule has 0 saturated carbocycles. The third-order valence-corrected chi connectivity index (χ3v) is 4.26. The molecule has 0 saturated heterocycles. The molecule has 1 N–H and O–H groups in total. The molecule has 4 nitrogen and oxygen atoms in total. The molecule has 0 bridgehead atoms. The summed E-state index contributed by atoms with van der Waals surface area (Å²) < 4.78 is 0. The largest absolute Gasteiger partial charge is 0.357 e. The summed E-state index contributed by atoms with van der Waals surface area (Å²) in [6, 6.07) is 17.3. The van der Waals surface area contributed by atoms with E-state index in [1.807, 2.05) is 62.4 Å². The predicted octanol–water partition coefficient (Wildman–Crippen LogP) is 3.09. The van der Waals surface area contributed by atoms with E-state index < -0.39 is 6.04 Å². The van der Waals surface area contributed by atoms with Crippen LogP contribution < -0.4 is 5.32 Å². The molecule has 1 unspecified atom stereocenters. The Kier molecular flexibility index (Phi) is 6.75. The Bertz CT molecular complexity index is 713. The number of rotatable bonds is 7. The van der Waals surface area contributed by atoms with Gasteiger partial charge in [-0.05, 0) is 18.1 Å². The van der Waals surface area contributed by atoms with E-state index in [4.69, 9.17) is 0 Å². The van der Waals surface area contributed by atoms with Crippen molar-refractivity contribution < 1.29 is 9.59 Å². The first-order valence-electron chi connectivity index (χ1n) is 8.65. The number of aryl methyl sites for hydroxylation is 1. The average molecular weight is 338 g/mol. The van der Waals surface area contributed by atoms with Crippen molar-refractivity contribution in [2.45, 2.75) is 39.3 Å². The van der Waals surface area contributed by atoms with Gasteiger partial charge in [-0.15, -0.1) is 0 Å². The van der Waals surface area contributed by atoms with Gasteiger partial charge < -0.3 is 10.2 Å². The van der Waals surface area contributed by atoms with Crippen molar-refractivity contribution in [2.24, 2.45) is 0 Å². The molecule has 2 aromatic rings. The molecule has 0 aliphatic rings. The van der Waals surface area contributed by atoms with E-state index >= 15 is 0 Å². The summed E-state index contributed by atoms with van der Waals surface area (Å²) >= 11 is 0. The van der Waals surface area contributed by atoms with Gasteiger partial charge in [0, 0.05) is 26.4 Å². The van der Waals surface area contributed by atoms with E-state index in [2.05, 4.69) is 11.4 Å². The van der Waals surface area contributed by atoms with Crippen LogP contribution in [0.2, 0.25) is 0 Å². The van der Waals surface area contributed by atoms with Crippen molar-refractivity contribution in [3.63, 3.8) is 0 Å². The van der Waals surface area contributed by atoms with E-state index in [1.165, 1.54) is 0 Å². The Balaban J connectivity index is 2.32. The Morgan fingerprint density at radius 3 is 2.32 bits per heavy atom. The second-order valence-electron chi connectivity index (χ2n) is 6.18. The SMILES string of the molecule is CCC(=O)N(Cc1cccc(C)c1)C(Cc1ccccc1)C(=O)NC. The fourth-order valence-electron chi connectivity index (χ4n) is 2.93. The minimum absolute atomic E-state index is 0.0222. The summed E-state index contributed by atoms with van der Waals surface area (Å²) in [5, 5.41) is 2.71. The molecule has 0 spiro atoms. The zero-order chi connectivity index (χ0) is 18.2. The van der Waals surface area contributed by atoms with Crippen LogP contribution in [-0.4, -0.2) is 29.8 Å². The fourth-order valence-corrected chi connectivity index (χ4v) is 2.93. The molecule has 0 aromatic heterocycles. The van der Waals surface area contributed by atoms with Crippen molar-refractivity contribution in [3.8, 4) is 0 Å². The number of amides is 2. The number of carbonyl (C=O) groups excluding carboxylic acids is 2. The number of hydrogen-bond acceptors (Lipinski definition) is 2. The molecule has 25 heavy (non-hydrogen) atoms. The molecule has 1 atom stereocenters. The number of carbonyl (C=O) groups is 2. The van der Waals surface area contributed by atoms with Crippen molar-refractivity contribution in [1.82, 2.24) is 10.2 Å². The molecular weight excluding hydrogens is 312 g/mol. The first kappa shape index (κ1) is 18.7. The van der Waals surface area contributed by atoms with Gasteiger partial charge in [-0.3, -0.25) is 9.59 Å². The number of benzene rings is 2. The lowest BCUT2D eigenvalue weighted by Gasteiger charge is -2.31. The molecular formula is C21H26N2O2. The molecule has 4 heteroatoms. The first-order chi connectivity index (χ1) is 12.0. The van der Waals surface area contributed by atoms with E-state index in [1.54, 1.807) is 11.9 Å². The third-order valence-electron chi connectivity index (χ3n) is 4.26. The predicted molar refractivity (Wildman–Crippen MR) is 100 cm³/mol. The van der Waals surface area contributed by atoms with Gasteiger partial charge in [0.1, 0.15) is 6.04 Å². The molecule has 0 aliphatic carbocycles. The fraction of sp³-hybridized carbons (Fsp3) is 0.333. The lowest BCUT2D eigenvalue weighted by molar-refractivity contribution is -0.140. The standard InChI is InChI=1S/C21H26N2O2/c1-4-20(24)23(15-18-12-8-9-16(2)13-18)19(21(25)22-3)14-17-10-6-5-7-11-17/h5-13,19H,4,14-15H2,1-3H3,(H,22,25). The second-order valence-corrected chi connectivity index (χ2v) is 6.18. The van der Waals surface area contributed by atoms with Crippen LogP contribution in [0.1, 0.15) is 30.0 Å². The Morgan fingerprint density at radius 2 is 1.72 bits per heavy atom. The zero-order valence-corrected chi connectivity index (χ0v) is 15.2. The Labute approximate surface area is 149 Å². The molecule has 2 rings (SSSR count). The molecule has 2 amide bonds. The lowest BCUT2D eigenvalue weighted by Crippen LogP contribution is -2.49. The summed E-state index contributed by atoms with van der Waals surface area (Å²) in [4.78, 5) is 26.8. The zero-order valence-electron chi connectivity index (χ0n) is 15.2. The minimum atomic E-state index is -0.527. The summed E-state index contributed by atoms with van der Waals surface area (Å²) in [5.74, 6) is -0.163. The highest BCUT2D eigenvalue weighted by Crippen LogP contribution is 2.16. The van der Waals surface area contributed by atoms with Crippen LogP contribution in [0.5, 0.6) is 0 Å². The molecule has 0 heterocycles. The maximum atomic E-state index is 12.6. The second kappa shape index (κ2) is 9.02. The number of likely N-dealkylation sites (N-methyl/N-ethyl adjacent to an activating group) is 1. The van der Waals surface area contributed by atoms with E-state index in [9.17, 15) is 9.59 Å². The monoisotopic (exact) mass is 338 g/mol. The van der Waals surface area contributed by atoms with Crippen molar-refractivity contribution >= 4 is 11.8 Å². The molecule has 2 aromatic carbocycles. The summed E-state index contributed by atoms with van der Waals surface area (Å²) in [6.45, 7) is 4.28. The maximum absolute atomic E-state index is 12.6. The molecule has 0 radical (unpaired) electrons. The van der Waals surface area contributed by atoms with Crippen molar-refractivity contribution in [2.75, 3.05) is 7.05 Å². The van der Waals surface area contributed by atoms with Gasteiger partial charge in [0.2, 0.25) is 11.8 Å². The van der Waals surface area contributed by atoms with Gasteiger partial charge in [-0.1, -0.05) is 67.1 Å².